The van der Waals surface area contributed by atoms with Gasteiger partial charge in [-0.3, -0.25) is 9.36 Å². The van der Waals surface area contributed by atoms with Gasteiger partial charge in [0.05, 0.1) is 0 Å². The van der Waals surface area contributed by atoms with Crippen LogP contribution in [0, 0.1) is 0 Å². The maximum Gasteiger partial charge on any atom is 0.256 e. The van der Waals surface area contributed by atoms with Gasteiger partial charge in [-0.25, -0.2) is 4.98 Å². The van der Waals surface area contributed by atoms with Crippen molar-refractivity contribution in [3.63, 3.8) is 0 Å². The monoisotopic (exact) mass is 426 g/mol. The van der Waals surface area contributed by atoms with Crippen molar-refractivity contribution >= 4 is 23.6 Å². The van der Waals surface area contributed by atoms with Crippen LogP contribution >= 0.6 is 11.8 Å². The highest BCUT2D eigenvalue weighted by Gasteiger charge is 2.17. The van der Waals surface area contributed by atoms with Gasteiger partial charge in [0.2, 0.25) is 11.8 Å². The molecule has 0 aliphatic heterocycles. The quantitative estimate of drug-likeness (QED) is 0.413. The Bertz CT molecular complexity index is 975. The van der Waals surface area contributed by atoms with Gasteiger partial charge >= 0.3 is 0 Å². The van der Waals surface area contributed by atoms with E-state index in [0.717, 1.165) is 11.1 Å². The second-order valence-electron chi connectivity index (χ2n) is 7.02. The van der Waals surface area contributed by atoms with Crippen molar-refractivity contribution in [2.75, 3.05) is 31.3 Å². The highest BCUT2D eigenvalue weighted by Crippen LogP contribution is 2.25. The third kappa shape index (κ3) is 5.29. The Hall–Kier alpha value is -3.07. The first kappa shape index (κ1) is 21.6. The van der Waals surface area contributed by atoms with Gasteiger partial charge in [-0.05, 0) is 38.1 Å². The topological polar surface area (TPSA) is 85.2 Å². The first-order valence-corrected chi connectivity index (χ1v) is 10.7. The molecule has 3 rings (SSSR count). The number of benzene rings is 1. The number of carbonyl (C=O) groups excluding carboxylic acids is 1. The maximum absolute atomic E-state index is 12.7. The summed E-state index contributed by atoms with van der Waals surface area (Å²) in [5, 5.41) is 12.3. The van der Waals surface area contributed by atoms with Crippen LogP contribution in [0.5, 0.6) is 11.6 Å². The van der Waals surface area contributed by atoms with Crippen LogP contribution in [0.4, 0.5) is 5.95 Å². The van der Waals surface area contributed by atoms with Gasteiger partial charge < -0.3 is 15.0 Å². The van der Waals surface area contributed by atoms with Crippen LogP contribution in [0.2, 0.25) is 0 Å². The number of hydrogen-bond donors (Lipinski definition) is 1. The molecule has 0 fully saturated rings. The van der Waals surface area contributed by atoms with E-state index < -0.39 is 0 Å². The third-order valence-electron chi connectivity index (χ3n) is 4.16. The molecule has 0 saturated heterocycles. The van der Waals surface area contributed by atoms with Gasteiger partial charge in [-0.15, -0.1) is 10.2 Å². The number of nitrogens with one attached hydrogen (secondary N) is 1. The summed E-state index contributed by atoms with van der Waals surface area (Å²) in [4.78, 5) is 18.8. The van der Waals surface area contributed by atoms with Crippen LogP contribution in [0.3, 0.4) is 0 Å². The fourth-order valence-electron chi connectivity index (χ4n) is 2.77. The fourth-order valence-corrected chi connectivity index (χ4v) is 3.69. The Balaban J connectivity index is 1.59. The molecule has 30 heavy (non-hydrogen) atoms. The summed E-state index contributed by atoms with van der Waals surface area (Å²) in [6, 6.07) is 12.9. The fraction of sp³-hybridized carbons (Fsp3) is 0.333. The van der Waals surface area contributed by atoms with Crippen LogP contribution in [-0.2, 0) is 0 Å². The average molecular weight is 427 g/mol. The van der Waals surface area contributed by atoms with E-state index in [4.69, 9.17) is 4.74 Å². The van der Waals surface area contributed by atoms with Gasteiger partial charge in [0.25, 0.3) is 5.91 Å². The first-order valence-electron chi connectivity index (χ1n) is 9.68. The summed E-state index contributed by atoms with van der Waals surface area (Å²) in [5.74, 6) is 2.16. The predicted octanol–water partition coefficient (Wildman–Crippen LogP) is 3.63. The van der Waals surface area contributed by atoms with Crippen molar-refractivity contribution in [3.05, 3.63) is 54.2 Å². The van der Waals surface area contributed by atoms with E-state index >= 15 is 0 Å². The molecule has 0 atom stereocenters. The molecule has 1 N–H and O–H groups in total. The molecule has 0 aliphatic rings. The van der Waals surface area contributed by atoms with E-state index in [1.807, 2.05) is 49.3 Å². The zero-order valence-electron chi connectivity index (χ0n) is 17.6. The molecular weight excluding hydrogens is 400 g/mol. The number of carbonyl (C=O) groups is 1. The molecule has 8 nitrogen and oxygen atoms in total. The summed E-state index contributed by atoms with van der Waals surface area (Å²) in [5.41, 5.74) is 0.395. The molecule has 2 aromatic heterocycles. The van der Waals surface area contributed by atoms with Gasteiger partial charge in [-0.2, -0.15) is 0 Å². The van der Waals surface area contributed by atoms with E-state index in [2.05, 4.69) is 38.9 Å². The normalized spacial score (nSPS) is 10.8. The summed E-state index contributed by atoms with van der Waals surface area (Å²) in [6.45, 7) is 4.67. The molecule has 0 aliphatic carbocycles. The number of amides is 1. The third-order valence-corrected chi connectivity index (χ3v) is 5.10. The average Bonchev–Trinajstić information content (AvgIpc) is 3.17. The van der Waals surface area contributed by atoms with E-state index in [-0.39, 0.29) is 17.8 Å². The number of thioether (sulfide) groups is 1. The van der Waals surface area contributed by atoms with Crippen molar-refractivity contribution in [1.29, 1.82) is 0 Å². The Morgan fingerprint density at radius 2 is 1.93 bits per heavy atom. The molecular formula is C21H26N6O2S. The lowest BCUT2D eigenvalue weighted by atomic mass is 10.2. The number of aromatic nitrogens is 4. The molecule has 2 heterocycles. The molecule has 0 bridgehead atoms. The van der Waals surface area contributed by atoms with E-state index in [1.165, 1.54) is 0 Å². The van der Waals surface area contributed by atoms with Crippen molar-refractivity contribution < 1.29 is 9.53 Å². The van der Waals surface area contributed by atoms with E-state index in [1.54, 1.807) is 30.1 Å². The van der Waals surface area contributed by atoms with Gasteiger partial charge in [-0.1, -0.05) is 30.0 Å². The van der Waals surface area contributed by atoms with Crippen LogP contribution < -0.4 is 15.0 Å². The Morgan fingerprint density at radius 3 is 2.63 bits per heavy atom. The Kier molecular flexibility index (Phi) is 7.29. The lowest BCUT2D eigenvalue weighted by molar-refractivity contribution is 0.0953. The van der Waals surface area contributed by atoms with Gasteiger partial charge in [0.1, 0.15) is 11.3 Å². The number of nitrogens with zero attached hydrogens (tertiary/aromatic N) is 5. The number of para-hydroxylation sites is 1. The summed E-state index contributed by atoms with van der Waals surface area (Å²) in [6.07, 6.45) is 1.60. The molecule has 1 amide bonds. The van der Waals surface area contributed by atoms with E-state index in [0.29, 0.717) is 23.6 Å². The second-order valence-corrected chi connectivity index (χ2v) is 8.08. The summed E-state index contributed by atoms with van der Waals surface area (Å²) in [7, 11) is 3.89. The van der Waals surface area contributed by atoms with Crippen LogP contribution in [-0.4, -0.2) is 52.0 Å². The lowest BCUT2D eigenvalue weighted by Crippen LogP contribution is -2.26. The second kappa shape index (κ2) is 10.1. The molecule has 3 aromatic rings. The maximum atomic E-state index is 12.7. The molecule has 1 aromatic carbocycles. The number of rotatable bonds is 9. The molecule has 158 valence electrons. The van der Waals surface area contributed by atoms with Crippen LogP contribution in [0.25, 0.3) is 0 Å². The minimum absolute atomic E-state index is 0.228. The van der Waals surface area contributed by atoms with E-state index in [9.17, 15) is 4.79 Å². The summed E-state index contributed by atoms with van der Waals surface area (Å²) < 4.78 is 7.85. The summed E-state index contributed by atoms with van der Waals surface area (Å²) >= 11 is 1.56. The molecule has 0 radical (unpaired) electrons. The zero-order chi connectivity index (χ0) is 21.5. The highest BCUT2D eigenvalue weighted by atomic mass is 32.2. The molecule has 0 saturated carbocycles. The van der Waals surface area contributed by atoms with Crippen molar-refractivity contribution in [3.8, 4) is 11.6 Å². The SMILES string of the molecule is CC(C)n1c(SCCNC(=O)c2cccnc2Oc2ccccc2)nnc1N(C)C. The zero-order valence-corrected chi connectivity index (χ0v) is 18.4. The first-order chi connectivity index (χ1) is 14.5. The largest absolute Gasteiger partial charge is 0.438 e. The number of anilines is 1. The molecule has 9 heteroatoms. The van der Waals surface area contributed by atoms with Gasteiger partial charge in [0, 0.05) is 38.6 Å². The Labute approximate surface area is 180 Å². The number of hydrogen-bond acceptors (Lipinski definition) is 7. The predicted molar refractivity (Wildman–Crippen MR) is 119 cm³/mol. The standard InChI is InChI=1S/C21H26N6O2S/c1-15(2)27-20(26(3)4)24-25-21(27)30-14-13-22-18(28)17-11-8-12-23-19(17)29-16-9-6-5-7-10-16/h5-12,15H,13-14H2,1-4H3,(H,22,28). The molecule has 0 unspecified atom stereocenters. The minimum Gasteiger partial charge on any atom is -0.438 e. The highest BCUT2D eigenvalue weighted by molar-refractivity contribution is 7.99. The van der Waals surface area contributed by atoms with Crippen molar-refractivity contribution in [1.82, 2.24) is 25.1 Å². The van der Waals surface area contributed by atoms with Crippen LogP contribution in [0.15, 0.2) is 53.8 Å². The number of ether oxygens (including phenoxy) is 1. The molecule has 0 spiro atoms. The van der Waals surface area contributed by atoms with Crippen LogP contribution in [0.1, 0.15) is 30.2 Å². The lowest BCUT2D eigenvalue weighted by Gasteiger charge is -2.17. The van der Waals surface area contributed by atoms with Crippen molar-refractivity contribution in [2.24, 2.45) is 0 Å². The smallest absolute Gasteiger partial charge is 0.256 e. The number of pyridine rings is 1. The van der Waals surface area contributed by atoms with Gasteiger partial charge in [0.15, 0.2) is 5.16 Å². The Morgan fingerprint density at radius 1 is 1.17 bits per heavy atom. The minimum atomic E-state index is -0.228. The van der Waals surface area contributed by atoms with Crippen molar-refractivity contribution in [2.45, 2.75) is 25.0 Å².